The van der Waals surface area contributed by atoms with E-state index < -0.39 is 0 Å². The number of methoxy groups -OCH3 is 1. The van der Waals surface area contributed by atoms with Gasteiger partial charge in [0.25, 0.3) is 0 Å². The number of nitrogens with zero attached hydrogens (tertiary/aromatic N) is 2. The Morgan fingerprint density at radius 1 is 1.10 bits per heavy atom. The van der Waals surface area contributed by atoms with Gasteiger partial charge in [0, 0.05) is 31.4 Å². The third-order valence-electron chi connectivity index (χ3n) is 3.87. The lowest BCUT2D eigenvalue weighted by atomic mass is 10.3. The Morgan fingerprint density at radius 3 is 2.66 bits per heavy atom. The zero-order valence-electron chi connectivity index (χ0n) is 16.4. The van der Waals surface area contributed by atoms with Crippen molar-refractivity contribution < 1.29 is 9.47 Å². The fraction of sp³-hybridized carbons (Fsp3) is 0.238. The van der Waals surface area contributed by atoms with Crippen molar-refractivity contribution in [2.24, 2.45) is 4.99 Å². The Kier molecular flexibility index (Phi) is 9.72. The summed E-state index contributed by atoms with van der Waals surface area (Å²) in [5.41, 5.74) is 2.25. The molecular formula is C21H25IN4O2S. The third kappa shape index (κ3) is 7.54. The first-order valence-corrected chi connectivity index (χ1v) is 10.0. The van der Waals surface area contributed by atoms with Gasteiger partial charge >= 0.3 is 0 Å². The maximum Gasteiger partial charge on any atom is 0.219 e. The topological polar surface area (TPSA) is 67.8 Å². The van der Waals surface area contributed by atoms with Crippen LogP contribution in [0.4, 0.5) is 0 Å². The quantitative estimate of drug-likeness (QED) is 0.251. The minimum atomic E-state index is 0. The minimum absolute atomic E-state index is 0. The van der Waals surface area contributed by atoms with E-state index in [0.29, 0.717) is 24.7 Å². The second-order valence-corrected chi connectivity index (χ2v) is 6.75. The van der Waals surface area contributed by atoms with Crippen LogP contribution in [0.3, 0.4) is 0 Å². The summed E-state index contributed by atoms with van der Waals surface area (Å²) < 4.78 is 11.0. The molecule has 1 aromatic carbocycles. The van der Waals surface area contributed by atoms with Crippen LogP contribution in [-0.4, -0.2) is 24.6 Å². The Balaban J connectivity index is 0.00000300. The number of guanidine groups is 1. The van der Waals surface area contributed by atoms with Gasteiger partial charge in [0.2, 0.25) is 5.88 Å². The van der Waals surface area contributed by atoms with Crippen molar-refractivity contribution in [1.82, 2.24) is 15.6 Å². The molecule has 0 saturated heterocycles. The number of ether oxygens (including phenoxy) is 2. The zero-order valence-corrected chi connectivity index (χ0v) is 19.6. The average Bonchev–Trinajstić information content (AvgIpc) is 3.25. The number of nitrogens with one attached hydrogen (secondary N) is 2. The van der Waals surface area contributed by atoms with Crippen molar-refractivity contribution in [3.8, 4) is 17.4 Å². The lowest BCUT2D eigenvalue weighted by Gasteiger charge is -2.11. The molecule has 2 aromatic heterocycles. The normalized spacial score (nSPS) is 10.8. The smallest absolute Gasteiger partial charge is 0.219 e. The molecule has 3 aromatic rings. The van der Waals surface area contributed by atoms with E-state index in [-0.39, 0.29) is 24.0 Å². The van der Waals surface area contributed by atoms with Crippen molar-refractivity contribution in [2.45, 2.75) is 20.0 Å². The van der Waals surface area contributed by atoms with Crippen LogP contribution in [0.1, 0.15) is 18.1 Å². The Hall–Kier alpha value is -2.33. The predicted molar refractivity (Wildman–Crippen MR) is 129 cm³/mol. The molecule has 0 fully saturated rings. The summed E-state index contributed by atoms with van der Waals surface area (Å²) in [6, 6.07) is 13.4. The van der Waals surface area contributed by atoms with Gasteiger partial charge in [0.1, 0.15) is 11.5 Å². The lowest BCUT2D eigenvalue weighted by Crippen LogP contribution is -2.36. The first kappa shape index (κ1) is 23.0. The molecule has 0 amide bonds. The van der Waals surface area contributed by atoms with Crippen molar-refractivity contribution in [3.63, 3.8) is 0 Å². The van der Waals surface area contributed by atoms with Crippen LogP contribution in [0.25, 0.3) is 0 Å². The highest BCUT2D eigenvalue weighted by atomic mass is 127. The van der Waals surface area contributed by atoms with E-state index in [4.69, 9.17) is 9.47 Å². The van der Waals surface area contributed by atoms with Crippen molar-refractivity contribution in [1.29, 1.82) is 0 Å². The Labute approximate surface area is 192 Å². The van der Waals surface area contributed by atoms with Gasteiger partial charge in [0.05, 0.1) is 13.7 Å². The van der Waals surface area contributed by atoms with Gasteiger partial charge in [-0.1, -0.05) is 12.1 Å². The molecule has 0 aliphatic rings. The van der Waals surface area contributed by atoms with Crippen LogP contribution in [0.5, 0.6) is 17.4 Å². The van der Waals surface area contributed by atoms with Crippen LogP contribution >= 0.6 is 35.3 Å². The maximum absolute atomic E-state index is 5.77. The van der Waals surface area contributed by atoms with Gasteiger partial charge in [-0.15, -0.1) is 24.0 Å². The molecule has 3 rings (SSSR count). The first-order chi connectivity index (χ1) is 13.8. The van der Waals surface area contributed by atoms with Gasteiger partial charge < -0.3 is 20.1 Å². The second kappa shape index (κ2) is 12.3. The number of benzene rings is 1. The number of halogens is 1. The van der Waals surface area contributed by atoms with Gasteiger partial charge in [-0.2, -0.15) is 11.3 Å². The van der Waals surface area contributed by atoms with Crippen molar-refractivity contribution in [2.75, 3.05) is 13.7 Å². The number of thiophene rings is 1. The molecule has 154 valence electrons. The maximum atomic E-state index is 5.77. The minimum Gasteiger partial charge on any atom is -0.497 e. The molecule has 0 saturated carbocycles. The Bertz CT molecular complexity index is 886. The third-order valence-corrected chi connectivity index (χ3v) is 4.60. The molecule has 2 heterocycles. The first-order valence-electron chi connectivity index (χ1n) is 9.07. The monoisotopic (exact) mass is 524 g/mol. The largest absolute Gasteiger partial charge is 0.497 e. The van der Waals surface area contributed by atoms with Crippen LogP contribution in [0.15, 0.2) is 64.4 Å². The lowest BCUT2D eigenvalue weighted by molar-refractivity contribution is 0.407. The van der Waals surface area contributed by atoms with E-state index in [2.05, 4.69) is 37.4 Å². The number of hydrogen-bond donors (Lipinski definition) is 2. The second-order valence-electron chi connectivity index (χ2n) is 5.97. The number of pyridine rings is 1. The van der Waals surface area contributed by atoms with Gasteiger partial charge in [-0.3, -0.25) is 0 Å². The molecule has 0 spiro atoms. The van der Waals surface area contributed by atoms with Crippen LogP contribution in [0, 0.1) is 0 Å². The highest BCUT2D eigenvalue weighted by Gasteiger charge is 2.03. The van der Waals surface area contributed by atoms with Gasteiger partial charge in [-0.05, 0) is 47.0 Å². The van der Waals surface area contributed by atoms with E-state index in [1.165, 1.54) is 5.56 Å². The molecule has 0 aliphatic heterocycles. The summed E-state index contributed by atoms with van der Waals surface area (Å²) in [6.45, 7) is 4.14. The highest BCUT2D eigenvalue weighted by molar-refractivity contribution is 14.0. The van der Waals surface area contributed by atoms with E-state index in [1.807, 2.05) is 43.3 Å². The van der Waals surface area contributed by atoms with Crippen LogP contribution in [-0.2, 0) is 13.1 Å². The molecule has 29 heavy (non-hydrogen) atoms. The van der Waals surface area contributed by atoms with Crippen LogP contribution < -0.4 is 20.1 Å². The fourth-order valence-corrected chi connectivity index (χ4v) is 3.10. The van der Waals surface area contributed by atoms with Crippen LogP contribution in [0.2, 0.25) is 0 Å². The number of hydrogen-bond acceptors (Lipinski definition) is 5. The summed E-state index contributed by atoms with van der Waals surface area (Å²) in [6.07, 6.45) is 1.80. The standard InChI is InChI=1S/C21H24N4O2S.HI/c1-3-22-21(25-14-17-9-10-28-15-17)24-13-16-7-8-20(23-12-16)27-19-6-4-5-18(11-19)26-2;/h4-12,15H,3,13-14H2,1-2H3,(H2,22,24,25);1H. The Morgan fingerprint density at radius 2 is 1.97 bits per heavy atom. The van der Waals surface area contributed by atoms with Gasteiger partial charge in [-0.25, -0.2) is 9.98 Å². The molecule has 0 radical (unpaired) electrons. The summed E-state index contributed by atoms with van der Waals surface area (Å²) in [4.78, 5) is 8.98. The summed E-state index contributed by atoms with van der Waals surface area (Å²) in [5.74, 6) is 2.75. The van der Waals surface area contributed by atoms with Gasteiger partial charge in [0.15, 0.2) is 5.96 Å². The van der Waals surface area contributed by atoms with E-state index in [1.54, 1.807) is 24.6 Å². The van der Waals surface area contributed by atoms with E-state index in [9.17, 15) is 0 Å². The predicted octanol–water partition coefficient (Wildman–Crippen LogP) is 4.82. The fourth-order valence-electron chi connectivity index (χ4n) is 2.44. The van der Waals surface area contributed by atoms with Crippen molar-refractivity contribution >= 4 is 41.3 Å². The SMILES string of the molecule is CCNC(=NCc1ccsc1)NCc1ccc(Oc2cccc(OC)c2)nc1.I. The number of aromatic nitrogens is 1. The number of aliphatic imine (C=N–C) groups is 1. The molecule has 6 nitrogen and oxygen atoms in total. The summed E-state index contributed by atoms with van der Waals surface area (Å²) >= 11 is 1.68. The summed E-state index contributed by atoms with van der Waals surface area (Å²) in [7, 11) is 1.63. The molecule has 0 bridgehead atoms. The molecular weight excluding hydrogens is 499 g/mol. The van der Waals surface area contributed by atoms with E-state index in [0.717, 1.165) is 23.8 Å². The molecule has 8 heteroatoms. The number of rotatable bonds is 8. The van der Waals surface area contributed by atoms with E-state index >= 15 is 0 Å². The summed E-state index contributed by atoms with van der Waals surface area (Å²) in [5, 5.41) is 10.8. The highest BCUT2D eigenvalue weighted by Crippen LogP contribution is 2.23. The van der Waals surface area contributed by atoms with Crippen molar-refractivity contribution in [3.05, 3.63) is 70.5 Å². The average molecular weight is 524 g/mol. The molecule has 2 N–H and O–H groups in total. The molecule has 0 unspecified atom stereocenters. The molecule has 0 aliphatic carbocycles. The molecule has 0 atom stereocenters. The zero-order chi connectivity index (χ0) is 19.6.